The van der Waals surface area contributed by atoms with E-state index in [1.54, 1.807) is 23.6 Å². The number of ether oxygens (including phenoxy) is 2. The minimum Gasteiger partial charge on any atom is -0.479 e. The Morgan fingerprint density at radius 3 is 2.84 bits per heavy atom. The summed E-state index contributed by atoms with van der Waals surface area (Å²) in [6.07, 6.45) is 4.05. The number of rotatable bonds is 7. The maximum absolute atomic E-state index is 11.5. The molecule has 2 aromatic rings. The van der Waals surface area contributed by atoms with Crippen molar-refractivity contribution in [1.29, 1.82) is 0 Å². The summed E-state index contributed by atoms with van der Waals surface area (Å²) in [7, 11) is 0. The van der Waals surface area contributed by atoms with E-state index in [9.17, 15) is 9.90 Å². The van der Waals surface area contributed by atoms with E-state index in [2.05, 4.69) is 16.9 Å². The molecule has 25 heavy (non-hydrogen) atoms. The summed E-state index contributed by atoms with van der Waals surface area (Å²) in [6, 6.07) is 3.63. The lowest BCUT2D eigenvalue weighted by atomic mass is 9.92. The van der Waals surface area contributed by atoms with E-state index in [0.717, 1.165) is 29.1 Å². The van der Waals surface area contributed by atoms with E-state index >= 15 is 0 Å². The van der Waals surface area contributed by atoms with E-state index in [1.807, 2.05) is 13.0 Å². The molecule has 7 heteroatoms. The summed E-state index contributed by atoms with van der Waals surface area (Å²) >= 11 is 1.69. The fourth-order valence-corrected chi connectivity index (χ4v) is 3.93. The van der Waals surface area contributed by atoms with Gasteiger partial charge in [-0.15, -0.1) is 11.3 Å². The highest BCUT2D eigenvalue weighted by Crippen LogP contribution is 2.30. The van der Waals surface area contributed by atoms with Crippen molar-refractivity contribution in [3.05, 3.63) is 39.5 Å². The second-order valence-corrected chi connectivity index (χ2v) is 7.67. The number of pyridine rings is 1. The molecular weight excluding hydrogens is 340 g/mol. The summed E-state index contributed by atoms with van der Waals surface area (Å²) in [5, 5.41) is 10.5. The summed E-state index contributed by atoms with van der Waals surface area (Å²) in [4.78, 5) is 21.5. The topological polar surface area (TPSA) is 81.5 Å². The number of aromatic nitrogens is 2. The molecular formula is C18H22N2O4S. The molecule has 0 aromatic carbocycles. The Bertz CT molecular complexity index is 736. The zero-order valence-corrected chi connectivity index (χ0v) is 15.3. The smallest absolute Gasteiger partial charge is 0.336 e. The van der Waals surface area contributed by atoms with Crippen LogP contribution in [0.25, 0.3) is 0 Å². The Hall–Kier alpha value is -1.99. The summed E-state index contributed by atoms with van der Waals surface area (Å²) in [6.45, 7) is 5.08. The lowest BCUT2D eigenvalue weighted by Crippen LogP contribution is -2.40. The number of aliphatic carboxylic acids is 1. The van der Waals surface area contributed by atoms with E-state index in [-0.39, 0.29) is 0 Å². The zero-order chi connectivity index (χ0) is 17.9. The Balaban J connectivity index is 1.55. The van der Waals surface area contributed by atoms with Crippen LogP contribution in [-0.4, -0.2) is 39.9 Å². The first-order chi connectivity index (χ1) is 12.0. The molecule has 0 bridgehead atoms. The van der Waals surface area contributed by atoms with Crippen LogP contribution in [0, 0.1) is 13.8 Å². The molecule has 0 saturated carbocycles. The van der Waals surface area contributed by atoms with Crippen LogP contribution in [0.3, 0.4) is 0 Å². The SMILES string of the molecule is Cc1nc(CCOc2ccc(C[C@]3(C(=O)O)CCCO3)cn2)c(C)s1. The first-order valence-electron chi connectivity index (χ1n) is 8.36. The van der Waals surface area contributed by atoms with Gasteiger partial charge >= 0.3 is 5.97 Å². The quantitative estimate of drug-likeness (QED) is 0.815. The molecule has 0 aliphatic carbocycles. The van der Waals surface area contributed by atoms with Crippen LogP contribution in [0.4, 0.5) is 0 Å². The third-order valence-electron chi connectivity index (χ3n) is 4.37. The van der Waals surface area contributed by atoms with E-state index < -0.39 is 11.6 Å². The summed E-state index contributed by atoms with van der Waals surface area (Å²) < 4.78 is 11.2. The molecule has 0 radical (unpaired) electrons. The second kappa shape index (κ2) is 7.49. The molecule has 1 atom stereocenters. The van der Waals surface area contributed by atoms with E-state index in [4.69, 9.17) is 9.47 Å². The van der Waals surface area contributed by atoms with Gasteiger partial charge in [0.1, 0.15) is 0 Å². The molecule has 0 unspecified atom stereocenters. The minimum atomic E-state index is -1.11. The van der Waals surface area contributed by atoms with Gasteiger partial charge in [0.15, 0.2) is 5.60 Å². The number of carboxylic acid groups (broad SMARTS) is 1. The number of carboxylic acids is 1. The first-order valence-corrected chi connectivity index (χ1v) is 9.18. The second-order valence-electron chi connectivity index (χ2n) is 6.27. The van der Waals surface area contributed by atoms with Gasteiger partial charge in [0.25, 0.3) is 0 Å². The summed E-state index contributed by atoms with van der Waals surface area (Å²) in [5.74, 6) is -0.371. The third-order valence-corrected chi connectivity index (χ3v) is 5.30. The van der Waals surface area contributed by atoms with Crippen LogP contribution < -0.4 is 4.74 Å². The number of nitrogens with zero attached hydrogens (tertiary/aromatic N) is 2. The fraction of sp³-hybridized carbons (Fsp3) is 0.500. The third kappa shape index (κ3) is 4.16. The normalized spacial score (nSPS) is 19.9. The van der Waals surface area contributed by atoms with Gasteiger partial charge in [-0.2, -0.15) is 0 Å². The van der Waals surface area contributed by atoms with Crippen molar-refractivity contribution in [2.24, 2.45) is 0 Å². The van der Waals surface area contributed by atoms with E-state index in [1.165, 1.54) is 4.88 Å². The van der Waals surface area contributed by atoms with Gasteiger partial charge in [-0.3, -0.25) is 0 Å². The average molecular weight is 362 g/mol. The van der Waals surface area contributed by atoms with Crippen LogP contribution in [0.1, 0.15) is 34.0 Å². The predicted octanol–water partition coefficient (Wildman–Crippen LogP) is 2.95. The molecule has 1 aliphatic heterocycles. The Morgan fingerprint density at radius 2 is 2.28 bits per heavy atom. The first kappa shape index (κ1) is 17.8. The molecule has 134 valence electrons. The molecule has 1 fully saturated rings. The van der Waals surface area contributed by atoms with E-state index in [0.29, 0.717) is 31.9 Å². The monoisotopic (exact) mass is 362 g/mol. The predicted molar refractivity (Wildman–Crippen MR) is 94.3 cm³/mol. The molecule has 3 rings (SSSR count). The van der Waals surface area contributed by atoms with Crippen molar-refractivity contribution >= 4 is 17.3 Å². The number of hydrogen-bond donors (Lipinski definition) is 1. The number of hydrogen-bond acceptors (Lipinski definition) is 6. The van der Waals surface area contributed by atoms with Gasteiger partial charge in [-0.1, -0.05) is 6.07 Å². The Kier molecular flexibility index (Phi) is 5.34. The number of aryl methyl sites for hydroxylation is 2. The standard InChI is InChI=1S/C18H22N2O4S/c1-12-15(20-13(2)25-12)6-9-23-16-5-4-14(11-19-16)10-18(17(21)22)7-3-8-24-18/h4-5,11H,3,6-10H2,1-2H3,(H,21,22)/t18-/m0/s1. The van der Waals surface area contributed by atoms with Crippen LogP contribution in [-0.2, 0) is 22.4 Å². The fourth-order valence-electron chi connectivity index (χ4n) is 3.07. The van der Waals surface area contributed by atoms with Crippen molar-refractivity contribution in [1.82, 2.24) is 9.97 Å². The molecule has 2 aromatic heterocycles. The van der Waals surface area contributed by atoms with Crippen LogP contribution >= 0.6 is 11.3 Å². The average Bonchev–Trinajstić information content (AvgIpc) is 3.17. The van der Waals surface area contributed by atoms with Crippen molar-refractivity contribution in [2.45, 2.75) is 45.1 Å². The molecule has 6 nitrogen and oxygen atoms in total. The van der Waals surface area contributed by atoms with Crippen LogP contribution in [0.15, 0.2) is 18.3 Å². The maximum atomic E-state index is 11.5. The molecule has 1 saturated heterocycles. The van der Waals surface area contributed by atoms with Gasteiger partial charge in [0.2, 0.25) is 5.88 Å². The highest BCUT2D eigenvalue weighted by atomic mass is 32.1. The van der Waals surface area contributed by atoms with Gasteiger partial charge in [0, 0.05) is 36.6 Å². The molecule has 1 N–H and O–H groups in total. The van der Waals surface area contributed by atoms with Crippen LogP contribution in [0.5, 0.6) is 5.88 Å². The van der Waals surface area contributed by atoms with Gasteiger partial charge < -0.3 is 14.6 Å². The number of carbonyl (C=O) groups is 1. The molecule has 3 heterocycles. The van der Waals surface area contributed by atoms with Gasteiger partial charge in [-0.05, 0) is 32.3 Å². The lowest BCUT2D eigenvalue weighted by Gasteiger charge is -2.23. The zero-order valence-electron chi connectivity index (χ0n) is 14.4. The van der Waals surface area contributed by atoms with Crippen molar-refractivity contribution in [3.8, 4) is 5.88 Å². The highest BCUT2D eigenvalue weighted by Gasteiger charge is 2.42. The largest absolute Gasteiger partial charge is 0.479 e. The lowest BCUT2D eigenvalue weighted by molar-refractivity contribution is -0.159. The van der Waals surface area contributed by atoms with Crippen molar-refractivity contribution < 1.29 is 19.4 Å². The number of thiazole rings is 1. The van der Waals surface area contributed by atoms with Gasteiger partial charge in [0.05, 0.1) is 17.3 Å². The van der Waals surface area contributed by atoms with Crippen molar-refractivity contribution in [3.63, 3.8) is 0 Å². The molecule has 0 amide bonds. The molecule has 0 spiro atoms. The summed E-state index contributed by atoms with van der Waals surface area (Å²) in [5.41, 5.74) is 0.799. The maximum Gasteiger partial charge on any atom is 0.336 e. The highest BCUT2D eigenvalue weighted by molar-refractivity contribution is 7.11. The van der Waals surface area contributed by atoms with Crippen molar-refractivity contribution in [2.75, 3.05) is 13.2 Å². The van der Waals surface area contributed by atoms with Gasteiger partial charge in [-0.25, -0.2) is 14.8 Å². The molecule has 1 aliphatic rings. The Labute approximate surface area is 150 Å². The minimum absolute atomic E-state index is 0.326. The Morgan fingerprint density at radius 1 is 1.44 bits per heavy atom. The van der Waals surface area contributed by atoms with Crippen LogP contribution in [0.2, 0.25) is 0 Å².